The Labute approximate surface area is 134 Å². The van der Waals surface area contributed by atoms with E-state index >= 15 is 0 Å². The first-order chi connectivity index (χ1) is 10.1. The van der Waals surface area contributed by atoms with E-state index in [-0.39, 0.29) is 5.92 Å². The molecule has 0 saturated heterocycles. The molecule has 21 heavy (non-hydrogen) atoms. The third kappa shape index (κ3) is 2.75. The molecule has 2 aliphatic rings. The van der Waals surface area contributed by atoms with E-state index in [9.17, 15) is 0 Å². The van der Waals surface area contributed by atoms with Crippen molar-refractivity contribution in [2.24, 2.45) is 5.92 Å². The summed E-state index contributed by atoms with van der Waals surface area (Å²) in [6.07, 6.45) is 6.91. The van der Waals surface area contributed by atoms with E-state index in [0.29, 0.717) is 21.7 Å². The lowest BCUT2D eigenvalue weighted by molar-refractivity contribution is 0.273. The quantitative estimate of drug-likeness (QED) is 0.780. The van der Waals surface area contributed by atoms with Gasteiger partial charge in [-0.05, 0) is 66.5 Å². The maximum Gasteiger partial charge on any atom is 0.118 e. The molecule has 4 heteroatoms. The van der Waals surface area contributed by atoms with E-state index in [1.54, 1.807) is 7.11 Å². The molecule has 2 unspecified atom stereocenters. The fourth-order valence-electron chi connectivity index (χ4n) is 3.37. The smallest absolute Gasteiger partial charge is 0.118 e. The summed E-state index contributed by atoms with van der Waals surface area (Å²) in [5, 5.41) is 9.29. The second-order valence-electron chi connectivity index (χ2n) is 5.57. The molecule has 0 aliphatic heterocycles. The Morgan fingerprint density at radius 3 is 2.71 bits per heavy atom. The van der Waals surface area contributed by atoms with Crippen molar-refractivity contribution >= 4 is 28.9 Å². The van der Waals surface area contributed by atoms with Crippen LogP contribution in [0.4, 0.5) is 0 Å². The highest BCUT2D eigenvalue weighted by molar-refractivity contribution is 6.42. The first kappa shape index (κ1) is 14.7. The zero-order valence-corrected chi connectivity index (χ0v) is 13.3. The molecule has 0 saturated carbocycles. The maximum absolute atomic E-state index is 8.13. The monoisotopic (exact) mass is 321 g/mol. The predicted molar refractivity (Wildman–Crippen MR) is 87.4 cm³/mol. The molecule has 110 valence electrons. The highest BCUT2D eigenvalue weighted by atomic mass is 35.5. The number of ether oxygens (including phenoxy) is 1. The molecule has 1 N–H and O–H groups in total. The average molecular weight is 322 g/mol. The first-order valence-corrected chi connectivity index (χ1v) is 7.84. The molecular formula is C17H17Cl2NO. The van der Waals surface area contributed by atoms with Gasteiger partial charge in [0.25, 0.3) is 0 Å². The van der Waals surface area contributed by atoms with Crippen molar-refractivity contribution in [3.8, 4) is 0 Å². The number of allylic oxidation sites excluding steroid dienone is 3. The van der Waals surface area contributed by atoms with E-state index < -0.39 is 0 Å². The van der Waals surface area contributed by atoms with E-state index in [2.05, 4.69) is 6.08 Å². The van der Waals surface area contributed by atoms with Gasteiger partial charge in [-0.3, -0.25) is 0 Å². The molecular weight excluding hydrogens is 305 g/mol. The molecule has 2 atom stereocenters. The minimum atomic E-state index is 0.270. The molecule has 0 spiro atoms. The molecule has 3 rings (SSSR count). The Morgan fingerprint density at radius 1 is 1.19 bits per heavy atom. The van der Waals surface area contributed by atoms with Gasteiger partial charge in [-0.1, -0.05) is 29.3 Å². The van der Waals surface area contributed by atoms with Gasteiger partial charge < -0.3 is 10.1 Å². The first-order valence-electron chi connectivity index (χ1n) is 7.08. The van der Waals surface area contributed by atoms with Crippen LogP contribution >= 0.6 is 23.2 Å². The van der Waals surface area contributed by atoms with Crippen LogP contribution in [-0.4, -0.2) is 12.8 Å². The van der Waals surface area contributed by atoms with E-state index in [4.69, 9.17) is 33.3 Å². The van der Waals surface area contributed by atoms with Crippen molar-refractivity contribution in [2.45, 2.75) is 25.2 Å². The van der Waals surface area contributed by atoms with Gasteiger partial charge in [0.05, 0.1) is 17.2 Å². The number of methoxy groups -OCH3 is 1. The Bertz CT molecular complexity index is 648. The maximum atomic E-state index is 8.13. The summed E-state index contributed by atoms with van der Waals surface area (Å²) in [5.74, 6) is 1.57. The van der Waals surface area contributed by atoms with E-state index in [1.807, 2.05) is 24.3 Å². The number of nitrogens with one attached hydrogen (secondary N) is 1. The molecule has 0 aromatic heterocycles. The lowest BCUT2D eigenvalue weighted by Gasteiger charge is -2.36. The van der Waals surface area contributed by atoms with Crippen LogP contribution < -0.4 is 0 Å². The molecule has 1 aromatic rings. The largest absolute Gasteiger partial charge is 0.497 e. The molecule has 2 aliphatic carbocycles. The van der Waals surface area contributed by atoms with Crippen LogP contribution in [0.1, 0.15) is 30.7 Å². The summed E-state index contributed by atoms with van der Waals surface area (Å²) in [6.45, 7) is 0. The zero-order valence-electron chi connectivity index (χ0n) is 11.8. The minimum Gasteiger partial charge on any atom is -0.497 e. The van der Waals surface area contributed by atoms with Crippen LogP contribution in [0.25, 0.3) is 0 Å². The van der Waals surface area contributed by atoms with Gasteiger partial charge in [0.1, 0.15) is 5.76 Å². The Hall–Kier alpha value is -1.25. The summed E-state index contributed by atoms with van der Waals surface area (Å²) in [4.78, 5) is 0. The lowest BCUT2D eigenvalue weighted by atomic mass is 9.70. The molecule has 0 heterocycles. The van der Waals surface area contributed by atoms with E-state index in [1.165, 1.54) is 0 Å². The molecule has 0 bridgehead atoms. The van der Waals surface area contributed by atoms with Crippen molar-refractivity contribution < 1.29 is 4.74 Å². The standard InChI is InChI=1S/C17H17Cl2NO/c1-21-17-4-2-3-12-13(8-11(20)9-14(12)17)10-5-6-15(18)16(19)7-10/h4-7,9,12-13,20H,2-3,8H2,1H3. The van der Waals surface area contributed by atoms with E-state index in [0.717, 1.165) is 36.2 Å². The number of halogens is 2. The van der Waals surface area contributed by atoms with Crippen molar-refractivity contribution in [3.05, 3.63) is 57.3 Å². The molecule has 0 fully saturated rings. The third-order valence-electron chi connectivity index (χ3n) is 4.34. The number of rotatable bonds is 2. The lowest BCUT2D eigenvalue weighted by Crippen LogP contribution is -2.26. The molecule has 2 nitrogen and oxygen atoms in total. The Balaban J connectivity index is 2.01. The average Bonchev–Trinajstić information content (AvgIpc) is 2.48. The topological polar surface area (TPSA) is 33.1 Å². The second-order valence-corrected chi connectivity index (χ2v) is 6.38. The predicted octanol–water partition coefficient (Wildman–Crippen LogP) is 5.37. The fraction of sp³-hybridized carbons (Fsp3) is 0.353. The van der Waals surface area contributed by atoms with Gasteiger partial charge in [0, 0.05) is 5.71 Å². The second kappa shape index (κ2) is 5.86. The van der Waals surface area contributed by atoms with Gasteiger partial charge in [0.15, 0.2) is 0 Å². The minimum absolute atomic E-state index is 0.270. The summed E-state index contributed by atoms with van der Waals surface area (Å²) < 4.78 is 5.48. The third-order valence-corrected chi connectivity index (χ3v) is 5.08. The Morgan fingerprint density at radius 2 is 2.00 bits per heavy atom. The highest BCUT2D eigenvalue weighted by Crippen LogP contribution is 2.45. The summed E-state index contributed by atoms with van der Waals surface area (Å²) >= 11 is 12.2. The number of hydrogen-bond acceptors (Lipinski definition) is 2. The van der Waals surface area contributed by atoms with Crippen LogP contribution in [0.2, 0.25) is 10.0 Å². The normalized spacial score (nSPS) is 25.0. The molecule has 0 amide bonds. The summed E-state index contributed by atoms with van der Waals surface area (Å²) in [7, 11) is 1.70. The highest BCUT2D eigenvalue weighted by Gasteiger charge is 2.34. The van der Waals surface area contributed by atoms with Crippen LogP contribution in [0.3, 0.4) is 0 Å². The van der Waals surface area contributed by atoms with Gasteiger partial charge in [-0.25, -0.2) is 0 Å². The SMILES string of the molecule is COC1=CCCC2C1=CC(=N)CC2c1ccc(Cl)c(Cl)c1. The molecule has 1 aromatic carbocycles. The number of hydrogen-bond donors (Lipinski definition) is 1. The number of benzene rings is 1. The molecule has 0 radical (unpaired) electrons. The van der Waals surface area contributed by atoms with Crippen molar-refractivity contribution in [3.63, 3.8) is 0 Å². The van der Waals surface area contributed by atoms with Gasteiger partial charge in [0.2, 0.25) is 0 Å². The van der Waals surface area contributed by atoms with Gasteiger partial charge >= 0.3 is 0 Å². The van der Waals surface area contributed by atoms with Gasteiger partial charge in [-0.2, -0.15) is 0 Å². The Kier molecular flexibility index (Phi) is 4.10. The summed E-state index contributed by atoms with van der Waals surface area (Å²) in [6, 6.07) is 5.81. The van der Waals surface area contributed by atoms with Crippen LogP contribution in [0.5, 0.6) is 0 Å². The van der Waals surface area contributed by atoms with Crippen molar-refractivity contribution in [1.29, 1.82) is 5.41 Å². The van der Waals surface area contributed by atoms with Crippen molar-refractivity contribution in [2.75, 3.05) is 7.11 Å². The number of fused-ring (bicyclic) bond motifs is 1. The van der Waals surface area contributed by atoms with Gasteiger partial charge in [-0.15, -0.1) is 0 Å². The zero-order chi connectivity index (χ0) is 15.0. The summed E-state index contributed by atoms with van der Waals surface area (Å²) in [5.41, 5.74) is 2.94. The van der Waals surface area contributed by atoms with Crippen LogP contribution in [-0.2, 0) is 4.74 Å². The van der Waals surface area contributed by atoms with Crippen LogP contribution in [0, 0.1) is 11.3 Å². The fourth-order valence-corrected chi connectivity index (χ4v) is 3.67. The van der Waals surface area contributed by atoms with Crippen LogP contribution in [0.15, 0.2) is 41.7 Å². The van der Waals surface area contributed by atoms with Crippen molar-refractivity contribution in [1.82, 2.24) is 0 Å².